The molecule has 1 heterocycles. The third-order valence-electron chi connectivity index (χ3n) is 9.10. The average molecular weight is 577 g/mol. The van der Waals surface area contributed by atoms with E-state index in [2.05, 4.69) is 166 Å². The zero-order valence-corrected chi connectivity index (χ0v) is 25.4. The van der Waals surface area contributed by atoms with Crippen LogP contribution in [-0.4, -0.2) is 9.97 Å². The number of hydrogen-bond acceptors (Lipinski definition) is 2. The van der Waals surface area contributed by atoms with E-state index < -0.39 is 0 Å². The Balaban J connectivity index is 1.35. The molecule has 0 spiro atoms. The molecule has 2 heteroatoms. The quantitative estimate of drug-likeness (QED) is 0.204. The summed E-state index contributed by atoms with van der Waals surface area (Å²) in [5.74, 6) is 0.716. The van der Waals surface area contributed by atoms with Crippen molar-refractivity contribution in [2.24, 2.45) is 0 Å². The summed E-state index contributed by atoms with van der Waals surface area (Å²) in [7, 11) is 0. The summed E-state index contributed by atoms with van der Waals surface area (Å²) in [4.78, 5) is 10.5. The summed E-state index contributed by atoms with van der Waals surface area (Å²) in [6.07, 6.45) is 0. The normalized spacial score (nSPS) is 12.8. The Bertz CT molecular complexity index is 2080. The molecule has 8 rings (SSSR count). The highest BCUT2D eigenvalue weighted by Gasteiger charge is 2.36. The van der Waals surface area contributed by atoms with Crippen molar-refractivity contribution in [2.75, 3.05) is 0 Å². The van der Waals surface area contributed by atoms with Crippen LogP contribution in [0.15, 0.2) is 158 Å². The first-order chi connectivity index (χ1) is 22.1. The summed E-state index contributed by atoms with van der Waals surface area (Å²) >= 11 is 0. The van der Waals surface area contributed by atoms with E-state index in [0.717, 1.165) is 39.2 Å². The molecule has 0 fully saturated rings. The molecule has 1 aromatic heterocycles. The lowest BCUT2D eigenvalue weighted by Gasteiger charge is -2.21. The lowest BCUT2D eigenvalue weighted by Crippen LogP contribution is -2.14. The largest absolute Gasteiger partial charge is 0.228 e. The van der Waals surface area contributed by atoms with E-state index in [1.165, 1.54) is 33.4 Å². The Hall–Kier alpha value is -5.60. The molecule has 1 aliphatic rings. The van der Waals surface area contributed by atoms with Gasteiger partial charge in [0.15, 0.2) is 5.82 Å². The van der Waals surface area contributed by atoms with E-state index in [-0.39, 0.29) is 5.41 Å². The molecule has 0 aliphatic heterocycles. The van der Waals surface area contributed by atoms with Crippen LogP contribution in [0.4, 0.5) is 0 Å². The lowest BCUT2D eigenvalue weighted by molar-refractivity contribution is 0.660. The van der Waals surface area contributed by atoms with Crippen LogP contribution < -0.4 is 0 Å². The maximum Gasteiger partial charge on any atom is 0.160 e. The zero-order valence-electron chi connectivity index (χ0n) is 25.4. The maximum absolute atomic E-state index is 5.30. The van der Waals surface area contributed by atoms with Crippen LogP contribution in [-0.2, 0) is 5.41 Å². The second kappa shape index (κ2) is 10.8. The minimum Gasteiger partial charge on any atom is -0.228 e. The summed E-state index contributed by atoms with van der Waals surface area (Å²) in [5, 5.41) is 0. The number of hydrogen-bond donors (Lipinski definition) is 0. The van der Waals surface area contributed by atoms with Crippen LogP contribution in [0.1, 0.15) is 25.0 Å². The van der Waals surface area contributed by atoms with Crippen molar-refractivity contribution in [1.29, 1.82) is 0 Å². The summed E-state index contributed by atoms with van der Waals surface area (Å²) < 4.78 is 0. The molecule has 6 aromatic carbocycles. The van der Waals surface area contributed by atoms with Crippen molar-refractivity contribution in [1.82, 2.24) is 9.97 Å². The molecule has 2 nitrogen and oxygen atoms in total. The predicted octanol–water partition coefficient (Wildman–Crippen LogP) is 11.1. The highest BCUT2D eigenvalue weighted by Crippen LogP contribution is 2.52. The van der Waals surface area contributed by atoms with Crippen molar-refractivity contribution in [3.8, 4) is 67.3 Å². The van der Waals surface area contributed by atoms with Gasteiger partial charge >= 0.3 is 0 Å². The van der Waals surface area contributed by atoms with Crippen LogP contribution in [0.5, 0.6) is 0 Å². The number of rotatable bonds is 5. The Kier molecular flexibility index (Phi) is 6.50. The van der Waals surface area contributed by atoms with Gasteiger partial charge in [-0.05, 0) is 62.7 Å². The van der Waals surface area contributed by atoms with Crippen LogP contribution >= 0.6 is 0 Å². The number of fused-ring (bicyclic) bond motifs is 3. The van der Waals surface area contributed by atoms with Gasteiger partial charge in [-0.3, -0.25) is 0 Å². The summed E-state index contributed by atoms with van der Waals surface area (Å²) in [5.41, 5.74) is 14.8. The van der Waals surface area contributed by atoms with Crippen molar-refractivity contribution < 1.29 is 0 Å². The van der Waals surface area contributed by atoms with Gasteiger partial charge in [0.05, 0.1) is 11.4 Å². The van der Waals surface area contributed by atoms with Gasteiger partial charge in [-0.15, -0.1) is 0 Å². The fraction of sp³-hybridized carbons (Fsp3) is 0.0698. The lowest BCUT2D eigenvalue weighted by atomic mass is 9.82. The SMILES string of the molecule is CC1(C)c2ccccc2-c2c(-c3cc(-c4cccc(-c5ccccc5)c4)nc(-c4cccc(-c5ccccc5)c4)n3)cccc21. The molecule has 0 amide bonds. The predicted molar refractivity (Wildman–Crippen MR) is 187 cm³/mol. The highest BCUT2D eigenvalue weighted by molar-refractivity contribution is 5.92. The second-order valence-corrected chi connectivity index (χ2v) is 12.3. The van der Waals surface area contributed by atoms with Crippen LogP contribution in [0.3, 0.4) is 0 Å². The van der Waals surface area contributed by atoms with Gasteiger partial charge in [0.25, 0.3) is 0 Å². The molecular weight excluding hydrogens is 544 g/mol. The molecule has 7 aromatic rings. The summed E-state index contributed by atoms with van der Waals surface area (Å²) in [6.45, 7) is 4.64. The molecule has 214 valence electrons. The van der Waals surface area contributed by atoms with Crippen LogP contribution in [0, 0.1) is 0 Å². The van der Waals surface area contributed by atoms with Crippen molar-refractivity contribution >= 4 is 0 Å². The Labute approximate surface area is 264 Å². The highest BCUT2D eigenvalue weighted by atomic mass is 14.9. The van der Waals surface area contributed by atoms with E-state index in [4.69, 9.17) is 9.97 Å². The Morgan fingerprint density at radius 3 is 1.58 bits per heavy atom. The van der Waals surface area contributed by atoms with Crippen molar-refractivity contribution in [2.45, 2.75) is 19.3 Å². The number of nitrogens with zero attached hydrogens (tertiary/aromatic N) is 2. The van der Waals surface area contributed by atoms with Gasteiger partial charge in [0.2, 0.25) is 0 Å². The van der Waals surface area contributed by atoms with Gasteiger partial charge < -0.3 is 0 Å². The first-order valence-electron chi connectivity index (χ1n) is 15.5. The van der Waals surface area contributed by atoms with Crippen molar-refractivity contribution in [3.63, 3.8) is 0 Å². The molecule has 0 atom stereocenters. The molecule has 0 saturated carbocycles. The fourth-order valence-corrected chi connectivity index (χ4v) is 6.79. The van der Waals surface area contributed by atoms with E-state index >= 15 is 0 Å². The van der Waals surface area contributed by atoms with Crippen LogP contribution in [0.2, 0.25) is 0 Å². The van der Waals surface area contributed by atoms with Gasteiger partial charge in [0, 0.05) is 22.1 Å². The molecule has 0 bridgehead atoms. The fourth-order valence-electron chi connectivity index (χ4n) is 6.79. The first-order valence-corrected chi connectivity index (χ1v) is 15.5. The van der Waals surface area contributed by atoms with Gasteiger partial charge in [-0.25, -0.2) is 9.97 Å². The first kappa shape index (κ1) is 27.0. The van der Waals surface area contributed by atoms with Gasteiger partial charge in [0.1, 0.15) is 0 Å². The monoisotopic (exact) mass is 576 g/mol. The third kappa shape index (κ3) is 4.76. The van der Waals surface area contributed by atoms with E-state index in [0.29, 0.717) is 5.82 Å². The topological polar surface area (TPSA) is 25.8 Å². The molecule has 0 radical (unpaired) electrons. The Morgan fingerprint density at radius 2 is 0.867 bits per heavy atom. The van der Waals surface area contributed by atoms with Crippen LogP contribution in [0.25, 0.3) is 67.3 Å². The van der Waals surface area contributed by atoms with Gasteiger partial charge in [-0.1, -0.05) is 153 Å². The number of benzene rings is 6. The van der Waals surface area contributed by atoms with E-state index in [9.17, 15) is 0 Å². The third-order valence-corrected chi connectivity index (χ3v) is 9.10. The van der Waals surface area contributed by atoms with Gasteiger partial charge in [-0.2, -0.15) is 0 Å². The maximum atomic E-state index is 5.30. The minimum atomic E-state index is -0.0886. The van der Waals surface area contributed by atoms with Crippen molar-refractivity contribution in [3.05, 3.63) is 169 Å². The van der Waals surface area contributed by atoms with E-state index in [1.807, 2.05) is 6.07 Å². The second-order valence-electron chi connectivity index (χ2n) is 12.3. The molecular formula is C43H32N2. The standard InChI is InChI=1S/C43H32N2/c1-43(2)37-24-10-9-22-35(37)41-36(23-13-25-38(41)43)40-28-39(33-20-11-18-31(26-33)29-14-5-3-6-15-29)44-42(45-40)34-21-12-19-32(27-34)30-16-7-4-8-17-30/h3-28H,1-2H3. The number of aromatic nitrogens is 2. The molecule has 1 aliphatic carbocycles. The molecule has 0 saturated heterocycles. The Morgan fingerprint density at radius 1 is 0.378 bits per heavy atom. The molecule has 0 N–H and O–H groups in total. The smallest absolute Gasteiger partial charge is 0.160 e. The minimum absolute atomic E-state index is 0.0886. The zero-order chi connectivity index (χ0) is 30.4. The molecule has 45 heavy (non-hydrogen) atoms. The van der Waals surface area contributed by atoms with E-state index in [1.54, 1.807) is 0 Å². The average Bonchev–Trinajstić information content (AvgIpc) is 3.35. The summed E-state index contributed by atoms with van der Waals surface area (Å²) in [6, 6.07) is 55.9. The molecule has 0 unspecified atom stereocenters.